The predicted octanol–water partition coefficient (Wildman–Crippen LogP) is 2.67. The van der Waals surface area contributed by atoms with Crippen LogP contribution >= 0.6 is 0 Å². The summed E-state index contributed by atoms with van der Waals surface area (Å²) in [6.07, 6.45) is 5.06. The van der Waals surface area contributed by atoms with E-state index in [0.717, 1.165) is 50.9 Å². The molecule has 1 aromatic carbocycles. The monoisotopic (exact) mass is 372 g/mol. The van der Waals surface area contributed by atoms with Gasteiger partial charge in [0.25, 0.3) is 0 Å². The molecule has 0 bridgehead atoms. The number of carbonyl (C=O) groups is 2. The van der Waals surface area contributed by atoms with Crippen LogP contribution in [0.1, 0.15) is 43.7 Å². The van der Waals surface area contributed by atoms with Crippen molar-refractivity contribution in [3.8, 4) is 0 Å². The molecule has 1 aromatic rings. The summed E-state index contributed by atoms with van der Waals surface area (Å²) in [6.45, 7) is 5.82. The first kappa shape index (κ1) is 19.9. The Bertz CT molecular complexity index is 648. The molecule has 0 N–H and O–H groups in total. The van der Waals surface area contributed by atoms with Crippen LogP contribution in [0.4, 0.5) is 0 Å². The number of ether oxygens (including phenoxy) is 1. The normalized spacial score (nSPS) is 19.6. The molecule has 148 valence electrons. The minimum Gasteiger partial charge on any atom is -0.383 e. The number of benzene rings is 1. The van der Waals surface area contributed by atoms with Crippen molar-refractivity contribution in [1.82, 2.24) is 9.80 Å². The first-order valence-electron chi connectivity index (χ1n) is 10.2. The maximum absolute atomic E-state index is 12.7. The number of rotatable bonds is 6. The fourth-order valence-corrected chi connectivity index (χ4v) is 4.33. The molecule has 0 atom stereocenters. The van der Waals surface area contributed by atoms with Crippen molar-refractivity contribution in [1.29, 1.82) is 0 Å². The van der Waals surface area contributed by atoms with Crippen LogP contribution in [0, 0.1) is 5.41 Å². The van der Waals surface area contributed by atoms with Crippen LogP contribution in [0.5, 0.6) is 0 Å². The number of hydrogen-bond donors (Lipinski definition) is 0. The molecule has 2 aliphatic rings. The Kier molecular flexibility index (Phi) is 6.53. The number of aryl methyl sites for hydroxylation is 1. The molecule has 0 radical (unpaired) electrons. The Hall–Kier alpha value is -1.88. The van der Waals surface area contributed by atoms with Crippen LogP contribution in [-0.4, -0.2) is 61.5 Å². The Labute approximate surface area is 162 Å². The summed E-state index contributed by atoms with van der Waals surface area (Å²) >= 11 is 0. The molecule has 5 heteroatoms. The number of carbonyl (C=O) groups excluding carboxylic acids is 2. The van der Waals surface area contributed by atoms with Gasteiger partial charge in [-0.2, -0.15) is 0 Å². The van der Waals surface area contributed by atoms with Gasteiger partial charge in [0.05, 0.1) is 13.0 Å². The van der Waals surface area contributed by atoms with Gasteiger partial charge < -0.3 is 14.5 Å². The Morgan fingerprint density at radius 3 is 2.41 bits per heavy atom. The highest BCUT2D eigenvalue weighted by atomic mass is 16.5. The Morgan fingerprint density at radius 2 is 1.78 bits per heavy atom. The molecule has 2 amide bonds. The summed E-state index contributed by atoms with van der Waals surface area (Å²) in [6, 6.07) is 8.37. The lowest BCUT2D eigenvalue weighted by atomic mass is 9.72. The summed E-state index contributed by atoms with van der Waals surface area (Å²) < 4.78 is 5.14. The molecular weight excluding hydrogens is 340 g/mol. The predicted molar refractivity (Wildman–Crippen MR) is 105 cm³/mol. The third kappa shape index (κ3) is 4.89. The molecule has 0 aliphatic carbocycles. The van der Waals surface area contributed by atoms with Gasteiger partial charge in [0, 0.05) is 39.7 Å². The van der Waals surface area contributed by atoms with Crippen molar-refractivity contribution in [2.24, 2.45) is 5.41 Å². The molecule has 5 nitrogen and oxygen atoms in total. The minimum absolute atomic E-state index is 0.182. The summed E-state index contributed by atoms with van der Waals surface area (Å²) in [5.41, 5.74) is 2.57. The average molecular weight is 373 g/mol. The van der Waals surface area contributed by atoms with Gasteiger partial charge in [0.2, 0.25) is 11.8 Å². The van der Waals surface area contributed by atoms with Crippen LogP contribution < -0.4 is 0 Å². The number of amides is 2. The van der Waals surface area contributed by atoms with Gasteiger partial charge in [0.15, 0.2) is 0 Å². The molecule has 3 rings (SSSR count). The van der Waals surface area contributed by atoms with E-state index in [1.165, 1.54) is 5.56 Å². The van der Waals surface area contributed by atoms with Gasteiger partial charge in [-0.1, -0.05) is 31.2 Å². The van der Waals surface area contributed by atoms with Crippen LogP contribution in [0.25, 0.3) is 0 Å². The molecular formula is C22H32N2O3. The highest BCUT2D eigenvalue weighted by molar-refractivity contribution is 5.79. The number of nitrogens with zero attached hydrogens (tertiary/aromatic N) is 2. The molecule has 27 heavy (non-hydrogen) atoms. The highest BCUT2D eigenvalue weighted by Gasteiger charge is 2.41. The lowest BCUT2D eigenvalue weighted by molar-refractivity contribution is -0.142. The fourth-order valence-electron chi connectivity index (χ4n) is 4.33. The molecule has 1 spiro atoms. The van der Waals surface area contributed by atoms with Crippen molar-refractivity contribution in [3.05, 3.63) is 35.4 Å². The standard InChI is InChI=1S/C22H32N2O3/c1-3-18-4-6-19(7-5-18)16-21(26)23-12-10-22(11-13-23)9-8-20(25)24(17-22)14-15-27-2/h4-7H,3,8-17H2,1-2H3. The molecule has 2 heterocycles. The van der Waals surface area contributed by atoms with Crippen molar-refractivity contribution >= 4 is 11.8 Å². The van der Waals surface area contributed by atoms with E-state index in [1.54, 1.807) is 7.11 Å². The summed E-state index contributed by atoms with van der Waals surface area (Å²) in [5.74, 6) is 0.462. The van der Waals surface area contributed by atoms with Crippen LogP contribution in [0.15, 0.2) is 24.3 Å². The summed E-state index contributed by atoms with van der Waals surface area (Å²) in [7, 11) is 1.67. The average Bonchev–Trinajstić information content (AvgIpc) is 2.70. The molecule has 2 saturated heterocycles. The molecule has 0 unspecified atom stereocenters. The summed E-state index contributed by atoms with van der Waals surface area (Å²) in [4.78, 5) is 28.8. The maximum atomic E-state index is 12.7. The zero-order valence-electron chi connectivity index (χ0n) is 16.7. The number of likely N-dealkylation sites (tertiary alicyclic amines) is 2. The van der Waals surface area contributed by atoms with Crippen LogP contribution in [-0.2, 0) is 27.2 Å². The van der Waals surface area contributed by atoms with Crippen molar-refractivity contribution in [2.45, 2.75) is 45.4 Å². The molecule has 2 fully saturated rings. The molecule has 2 aliphatic heterocycles. The first-order valence-corrected chi connectivity index (χ1v) is 10.2. The van der Waals surface area contributed by atoms with Crippen molar-refractivity contribution in [3.63, 3.8) is 0 Å². The van der Waals surface area contributed by atoms with Crippen molar-refractivity contribution < 1.29 is 14.3 Å². The summed E-state index contributed by atoms with van der Waals surface area (Å²) in [5, 5.41) is 0. The second kappa shape index (κ2) is 8.87. The van der Waals surface area contributed by atoms with Crippen LogP contribution in [0.2, 0.25) is 0 Å². The SMILES string of the molecule is CCc1ccc(CC(=O)N2CCC3(CCC(=O)N(CCOC)C3)CC2)cc1. The zero-order chi connectivity index (χ0) is 19.3. The van der Waals surface area contributed by atoms with E-state index in [9.17, 15) is 9.59 Å². The number of piperidine rings is 2. The molecule has 0 saturated carbocycles. The van der Waals surface area contributed by atoms with E-state index < -0.39 is 0 Å². The van der Waals surface area contributed by atoms with Gasteiger partial charge in [-0.3, -0.25) is 9.59 Å². The quantitative estimate of drug-likeness (QED) is 0.771. The smallest absolute Gasteiger partial charge is 0.226 e. The van der Waals surface area contributed by atoms with Crippen molar-refractivity contribution in [2.75, 3.05) is 39.9 Å². The zero-order valence-corrected chi connectivity index (χ0v) is 16.7. The minimum atomic E-state index is 0.182. The van der Waals surface area contributed by atoms with E-state index >= 15 is 0 Å². The third-order valence-corrected chi connectivity index (χ3v) is 6.28. The second-order valence-corrected chi connectivity index (χ2v) is 8.04. The van der Waals surface area contributed by atoms with E-state index in [1.807, 2.05) is 9.80 Å². The van der Waals surface area contributed by atoms with E-state index in [0.29, 0.717) is 26.0 Å². The van der Waals surface area contributed by atoms with Gasteiger partial charge >= 0.3 is 0 Å². The Balaban J connectivity index is 1.52. The van der Waals surface area contributed by atoms with E-state index in [-0.39, 0.29) is 17.2 Å². The van der Waals surface area contributed by atoms with Crippen LogP contribution in [0.3, 0.4) is 0 Å². The lowest BCUT2D eigenvalue weighted by Gasteiger charge is -2.47. The van der Waals surface area contributed by atoms with E-state index in [2.05, 4.69) is 31.2 Å². The first-order chi connectivity index (χ1) is 13.0. The van der Waals surface area contributed by atoms with Gasteiger partial charge in [-0.05, 0) is 42.2 Å². The van der Waals surface area contributed by atoms with Gasteiger partial charge in [0.1, 0.15) is 0 Å². The Morgan fingerprint density at radius 1 is 1.11 bits per heavy atom. The number of hydrogen-bond acceptors (Lipinski definition) is 3. The largest absolute Gasteiger partial charge is 0.383 e. The van der Waals surface area contributed by atoms with Gasteiger partial charge in [-0.15, -0.1) is 0 Å². The fraction of sp³-hybridized carbons (Fsp3) is 0.636. The lowest BCUT2D eigenvalue weighted by Crippen LogP contribution is -2.53. The van der Waals surface area contributed by atoms with Gasteiger partial charge in [-0.25, -0.2) is 0 Å². The number of methoxy groups -OCH3 is 1. The van der Waals surface area contributed by atoms with E-state index in [4.69, 9.17) is 4.74 Å². The molecule has 0 aromatic heterocycles. The second-order valence-electron chi connectivity index (χ2n) is 8.04. The maximum Gasteiger partial charge on any atom is 0.226 e. The topological polar surface area (TPSA) is 49.9 Å². The highest BCUT2D eigenvalue weighted by Crippen LogP contribution is 2.40. The third-order valence-electron chi connectivity index (χ3n) is 6.28.